The molecule has 0 spiro atoms. The summed E-state index contributed by atoms with van der Waals surface area (Å²) in [6.07, 6.45) is 0. The van der Waals surface area contributed by atoms with E-state index in [1.807, 2.05) is 31.2 Å². The molecule has 0 atom stereocenters. The summed E-state index contributed by atoms with van der Waals surface area (Å²) in [5.74, 6) is 5.62. The highest BCUT2D eigenvalue weighted by atomic mass is 16.6. The maximum atomic E-state index is 4.92. The second kappa shape index (κ2) is 2.51. The Morgan fingerprint density at radius 3 is 2.67 bits per heavy atom. The molecule has 0 aromatic heterocycles. The van der Waals surface area contributed by atoms with Crippen LogP contribution in [0.5, 0.6) is 5.75 Å². The second-order valence-electron chi connectivity index (χ2n) is 1.93. The first-order chi connectivity index (χ1) is 4.33. The highest BCUT2D eigenvalue weighted by Crippen LogP contribution is 2.09. The average Bonchev–Trinajstić information content (AvgIpc) is 1.88. The van der Waals surface area contributed by atoms with Crippen molar-refractivity contribution in [2.45, 2.75) is 6.92 Å². The predicted molar refractivity (Wildman–Crippen MR) is 36.0 cm³/mol. The van der Waals surface area contributed by atoms with E-state index in [4.69, 9.17) is 5.90 Å². The van der Waals surface area contributed by atoms with Gasteiger partial charge in [-0.05, 0) is 24.6 Å². The molecule has 0 amide bonds. The van der Waals surface area contributed by atoms with Gasteiger partial charge >= 0.3 is 0 Å². The lowest BCUT2D eigenvalue weighted by molar-refractivity contribution is 0.334. The molecule has 0 heterocycles. The van der Waals surface area contributed by atoms with Crippen LogP contribution >= 0.6 is 0 Å². The van der Waals surface area contributed by atoms with Gasteiger partial charge in [-0.3, -0.25) is 0 Å². The SMILES string of the molecule is Cc1cccc(ON)c1. The summed E-state index contributed by atoms with van der Waals surface area (Å²) in [6, 6.07) is 7.58. The minimum Gasteiger partial charge on any atom is -0.412 e. The summed E-state index contributed by atoms with van der Waals surface area (Å²) in [6.45, 7) is 1.99. The molecule has 0 unspecified atom stereocenters. The summed E-state index contributed by atoms with van der Waals surface area (Å²) < 4.78 is 0. The summed E-state index contributed by atoms with van der Waals surface area (Å²) in [5.41, 5.74) is 1.15. The molecule has 1 aromatic rings. The van der Waals surface area contributed by atoms with E-state index in [2.05, 4.69) is 4.84 Å². The topological polar surface area (TPSA) is 35.2 Å². The smallest absolute Gasteiger partial charge is 0.147 e. The van der Waals surface area contributed by atoms with E-state index in [1.165, 1.54) is 0 Å². The van der Waals surface area contributed by atoms with Crippen LogP contribution in [0.1, 0.15) is 5.56 Å². The molecule has 0 aliphatic carbocycles. The third kappa shape index (κ3) is 1.44. The molecule has 48 valence electrons. The van der Waals surface area contributed by atoms with E-state index in [1.54, 1.807) is 0 Å². The predicted octanol–water partition coefficient (Wildman–Crippen LogP) is 1.25. The minimum absolute atomic E-state index is 0.704. The molecule has 2 heteroatoms. The normalized spacial score (nSPS) is 9.11. The molecule has 0 saturated heterocycles. The van der Waals surface area contributed by atoms with Crippen LogP contribution in [0.15, 0.2) is 24.3 Å². The van der Waals surface area contributed by atoms with E-state index in [9.17, 15) is 0 Å². The van der Waals surface area contributed by atoms with Crippen molar-refractivity contribution in [2.24, 2.45) is 5.90 Å². The Morgan fingerprint density at radius 2 is 2.22 bits per heavy atom. The lowest BCUT2D eigenvalue weighted by atomic mass is 10.2. The Hall–Kier alpha value is -1.02. The molecule has 1 aromatic carbocycles. The Morgan fingerprint density at radius 1 is 1.44 bits per heavy atom. The first-order valence-electron chi connectivity index (χ1n) is 2.76. The molecule has 0 saturated carbocycles. The number of aryl methyl sites for hydroxylation is 1. The van der Waals surface area contributed by atoms with Crippen LogP contribution in [0.2, 0.25) is 0 Å². The average molecular weight is 123 g/mol. The molecule has 2 N–H and O–H groups in total. The highest BCUT2D eigenvalue weighted by molar-refractivity contribution is 5.26. The lowest BCUT2D eigenvalue weighted by Crippen LogP contribution is -2.01. The number of rotatable bonds is 1. The number of hydrogen-bond acceptors (Lipinski definition) is 2. The molecule has 0 bridgehead atoms. The molecule has 0 aliphatic heterocycles. The van der Waals surface area contributed by atoms with Crippen molar-refractivity contribution >= 4 is 0 Å². The van der Waals surface area contributed by atoms with E-state index < -0.39 is 0 Å². The van der Waals surface area contributed by atoms with Gasteiger partial charge in [-0.2, -0.15) is 5.90 Å². The molecule has 2 nitrogen and oxygen atoms in total. The number of nitrogens with two attached hydrogens (primary N) is 1. The van der Waals surface area contributed by atoms with Crippen LogP contribution < -0.4 is 10.7 Å². The third-order valence-corrected chi connectivity index (χ3v) is 1.13. The molecule has 0 radical (unpaired) electrons. The quantitative estimate of drug-likeness (QED) is 0.570. The van der Waals surface area contributed by atoms with Crippen molar-refractivity contribution in [3.8, 4) is 5.75 Å². The fraction of sp³-hybridized carbons (Fsp3) is 0.143. The van der Waals surface area contributed by atoms with Gasteiger partial charge in [0.1, 0.15) is 5.75 Å². The highest BCUT2D eigenvalue weighted by Gasteiger charge is 1.87. The van der Waals surface area contributed by atoms with Crippen LogP contribution in [0.25, 0.3) is 0 Å². The Kier molecular flexibility index (Phi) is 1.70. The zero-order valence-electron chi connectivity index (χ0n) is 5.29. The standard InChI is InChI=1S/C7H9NO/c1-6-3-2-4-7(5-6)9-8/h2-5H,8H2,1H3. The third-order valence-electron chi connectivity index (χ3n) is 1.13. The summed E-state index contributed by atoms with van der Waals surface area (Å²) >= 11 is 0. The van der Waals surface area contributed by atoms with Crippen molar-refractivity contribution in [3.05, 3.63) is 29.8 Å². The number of hydrogen-bond donors (Lipinski definition) is 1. The molecule has 0 aliphatic rings. The molecule has 0 fully saturated rings. The van der Waals surface area contributed by atoms with Crippen LogP contribution in [0, 0.1) is 6.92 Å². The largest absolute Gasteiger partial charge is 0.412 e. The zero-order valence-corrected chi connectivity index (χ0v) is 5.29. The zero-order chi connectivity index (χ0) is 6.69. The summed E-state index contributed by atoms with van der Waals surface area (Å²) in [7, 11) is 0. The van der Waals surface area contributed by atoms with Gasteiger partial charge < -0.3 is 4.84 Å². The van der Waals surface area contributed by atoms with E-state index >= 15 is 0 Å². The Balaban J connectivity index is 2.94. The van der Waals surface area contributed by atoms with Gasteiger partial charge in [0.15, 0.2) is 0 Å². The second-order valence-corrected chi connectivity index (χ2v) is 1.93. The van der Waals surface area contributed by atoms with E-state index in [0.717, 1.165) is 5.56 Å². The first kappa shape index (κ1) is 6.11. The van der Waals surface area contributed by atoms with Crippen molar-refractivity contribution in [1.82, 2.24) is 0 Å². The van der Waals surface area contributed by atoms with Crippen molar-refractivity contribution in [2.75, 3.05) is 0 Å². The molecule has 1 rings (SSSR count). The molecular formula is C7H9NO. The maximum Gasteiger partial charge on any atom is 0.147 e. The monoisotopic (exact) mass is 123 g/mol. The van der Waals surface area contributed by atoms with Crippen molar-refractivity contribution in [3.63, 3.8) is 0 Å². The number of benzene rings is 1. The van der Waals surface area contributed by atoms with E-state index in [-0.39, 0.29) is 0 Å². The van der Waals surface area contributed by atoms with Gasteiger partial charge in [0, 0.05) is 0 Å². The van der Waals surface area contributed by atoms with Gasteiger partial charge in [0.05, 0.1) is 0 Å². The van der Waals surface area contributed by atoms with Gasteiger partial charge in [0.25, 0.3) is 0 Å². The van der Waals surface area contributed by atoms with Gasteiger partial charge in [-0.1, -0.05) is 12.1 Å². The molecule has 9 heavy (non-hydrogen) atoms. The summed E-state index contributed by atoms with van der Waals surface area (Å²) in [4.78, 5) is 4.50. The van der Waals surface area contributed by atoms with Gasteiger partial charge in [-0.15, -0.1) is 0 Å². The summed E-state index contributed by atoms with van der Waals surface area (Å²) in [5, 5.41) is 0. The maximum absolute atomic E-state index is 4.92. The van der Waals surface area contributed by atoms with Gasteiger partial charge in [-0.25, -0.2) is 0 Å². The van der Waals surface area contributed by atoms with Crippen LogP contribution in [0.4, 0.5) is 0 Å². The van der Waals surface area contributed by atoms with Crippen LogP contribution in [-0.4, -0.2) is 0 Å². The van der Waals surface area contributed by atoms with E-state index in [0.29, 0.717) is 5.75 Å². The van der Waals surface area contributed by atoms with Crippen LogP contribution in [0.3, 0.4) is 0 Å². The fourth-order valence-corrected chi connectivity index (χ4v) is 0.689. The van der Waals surface area contributed by atoms with Crippen molar-refractivity contribution in [1.29, 1.82) is 0 Å². The molecular weight excluding hydrogens is 114 g/mol. The first-order valence-corrected chi connectivity index (χ1v) is 2.76. The van der Waals surface area contributed by atoms with Crippen LogP contribution in [-0.2, 0) is 0 Å². The van der Waals surface area contributed by atoms with Gasteiger partial charge in [0.2, 0.25) is 0 Å². The van der Waals surface area contributed by atoms with Crippen molar-refractivity contribution < 1.29 is 4.84 Å². The lowest BCUT2D eigenvalue weighted by Gasteiger charge is -1.96. The fourth-order valence-electron chi connectivity index (χ4n) is 0.689. The minimum atomic E-state index is 0.704. The Bertz CT molecular complexity index is 198. The Labute approximate surface area is 54.2 Å².